The van der Waals surface area contributed by atoms with Crippen LogP contribution in [0.5, 0.6) is 0 Å². The van der Waals surface area contributed by atoms with Crippen molar-refractivity contribution in [2.24, 2.45) is 17.8 Å². The predicted octanol–water partition coefficient (Wildman–Crippen LogP) is 3.94. The highest BCUT2D eigenvalue weighted by molar-refractivity contribution is 9.10. The third-order valence-corrected chi connectivity index (χ3v) is 7.90. The van der Waals surface area contributed by atoms with Crippen molar-refractivity contribution >= 4 is 38.6 Å². The molecule has 2 aromatic heterocycles. The van der Waals surface area contributed by atoms with Gasteiger partial charge in [0.15, 0.2) is 0 Å². The average molecular weight is 471 g/mol. The second kappa shape index (κ2) is 7.91. The Balaban J connectivity index is 1.28. The summed E-state index contributed by atoms with van der Waals surface area (Å²) in [6.45, 7) is 2.88. The highest BCUT2D eigenvalue weighted by atomic mass is 79.9. The summed E-state index contributed by atoms with van der Waals surface area (Å²) in [7, 11) is 0. The van der Waals surface area contributed by atoms with Crippen molar-refractivity contribution in [3.8, 4) is 0 Å². The largest absolute Gasteiger partial charge is 0.346 e. The van der Waals surface area contributed by atoms with Gasteiger partial charge in [0.05, 0.1) is 9.99 Å². The first-order valence-electron chi connectivity index (χ1n) is 11.1. The first kappa shape index (κ1) is 19.9. The van der Waals surface area contributed by atoms with Crippen LogP contribution >= 0.6 is 15.9 Å². The third kappa shape index (κ3) is 3.51. The molecule has 1 saturated heterocycles. The summed E-state index contributed by atoms with van der Waals surface area (Å²) in [6, 6.07) is 3.56. The summed E-state index contributed by atoms with van der Waals surface area (Å²) >= 11 is 3.46. The lowest BCUT2D eigenvalue weighted by Crippen LogP contribution is -2.56. The first-order valence-corrected chi connectivity index (χ1v) is 11.9. The minimum absolute atomic E-state index is 0.00856. The van der Waals surface area contributed by atoms with E-state index in [1.807, 2.05) is 11.0 Å². The fourth-order valence-electron chi connectivity index (χ4n) is 5.58. The molecule has 158 valence electrons. The Kier molecular flexibility index (Phi) is 5.25. The van der Waals surface area contributed by atoms with Crippen molar-refractivity contribution in [3.05, 3.63) is 34.7 Å². The van der Waals surface area contributed by atoms with E-state index in [1.54, 1.807) is 18.5 Å². The molecule has 2 saturated carbocycles. The number of amides is 2. The highest BCUT2D eigenvalue weighted by Gasteiger charge is 2.56. The number of piperidine rings is 1. The monoisotopic (exact) mass is 470 g/mol. The van der Waals surface area contributed by atoms with E-state index in [9.17, 15) is 9.59 Å². The molecule has 5 rings (SSSR count). The minimum Gasteiger partial charge on any atom is -0.346 e. The fraction of sp³-hybridized carbons (Fsp3) is 0.565. The zero-order valence-electron chi connectivity index (χ0n) is 17.2. The fourth-order valence-corrected chi connectivity index (χ4v) is 6.01. The lowest BCUT2D eigenvalue weighted by molar-refractivity contribution is -0.137. The molecule has 3 fully saturated rings. The van der Waals surface area contributed by atoms with E-state index in [2.05, 4.69) is 38.1 Å². The molecule has 3 aliphatic rings. The molecule has 2 amide bonds. The summed E-state index contributed by atoms with van der Waals surface area (Å²) in [6.07, 6.45) is 10.2. The zero-order valence-corrected chi connectivity index (χ0v) is 18.8. The van der Waals surface area contributed by atoms with E-state index in [-0.39, 0.29) is 23.9 Å². The molecule has 0 aromatic carbocycles. The Hall–Kier alpha value is -2.02. The number of aromatic nitrogens is 2. The van der Waals surface area contributed by atoms with Crippen LogP contribution in [0.3, 0.4) is 0 Å². The second-order valence-corrected chi connectivity index (χ2v) is 9.88. The molecule has 0 bridgehead atoms. The number of hydrogen-bond donors (Lipinski definition) is 1. The quantitative estimate of drug-likeness (QED) is 0.736. The molecule has 3 heterocycles. The van der Waals surface area contributed by atoms with Gasteiger partial charge < -0.3 is 10.2 Å². The molecule has 5 atom stereocenters. The van der Waals surface area contributed by atoms with E-state index < -0.39 is 0 Å². The van der Waals surface area contributed by atoms with Crippen molar-refractivity contribution in [2.45, 2.75) is 57.5 Å². The highest BCUT2D eigenvalue weighted by Crippen LogP contribution is 2.56. The van der Waals surface area contributed by atoms with Crippen molar-refractivity contribution < 1.29 is 9.59 Å². The van der Waals surface area contributed by atoms with Gasteiger partial charge in [-0.2, -0.15) is 0 Å². The van der Waals surface area contributed by atoms with Gasteiger partial charge in [-0.1, -0.05) is 12.8 Å². The lowest BCUT2D eigenvalue weighted by atomic mass is 9.96. The molecule has 2 aromatic rings. The van der Waals surface area contributed by atoms with Gasteiger partial charge in [-0.25, -0.2) is 4.98 Å². The molecule has 1 N–H and O–H groups in total. The molecular weight excluding hydrogens is 444 g/mol. The van der Waals surface area contributed by atoms with Crippen LogP contribution < -0.4 is 5.32 Å². The molecule has 30 heavy (non-hydrogen) atoms. The lowest BCUT2D eigenvalue weighted by Gasteiger charge is -2.40. The van der Waals surface area contributed by atoms with E-state index in [4.69, 9.17) is 0 Å². The van der Waals surface area contributed by atoms with Gasteiger partial charge in [0, 0.05) is 42.3 Å². The van der Waals surface area contributed by atoms with E-state index >= 15 is 0 Å². The minimum atomic E-state index is -0.188. The maximum atomic E-state index is 13.2. The number of pyridine rings is 2. The molecule has 1 aliphatic heterocycles. The van der Waals surface area contributed by atoms with E-state index in [0.717, 1.165) is 34.8 Å². The first-order chi connectivity index (χ1) is 14.5. The van der Waals surface area contributed by atoms with Gasteiger partial charge >= 0.3 is 0 Å². The van der Waals surface area contributed by atoms with Crippen LogP contribution in [0, 0.1) is 17.8 Å². The number of hydrogen-bond acceptors (Lipinski definition) is 4. The Morgan fingerprint density at radius 1 is 1.10 bits per heavy atom. The molecule has 2 aliphatic carbocycles. The van der Waals surface area contributed by atoms with Gasteiger partial charge in [0.1, 0.15) is 5.69 Å². The van der Waals surface area contributed by atoms with Crippen LogP contribution in [0.4, 0.5) is 0 Å². The standard InChI is InChI=1S/C23H27BrN4O2/c1-13-18(7-4-10-28(13)23(30)20-15-5-2-3-6-16(15)20)27-22(29)19-9-8-14-11-25-12-17(24)21(14)26-19/h8-9,11-13,15-16,18,20H,2-7,10H2,1H3,(H,27,29)/t13-,15-,16+,18-,20?/m1/s1. The number of carbonyl (C=O) groups is 2. The summed E-state index contributed by atoms with van der Waals surface area (Å²) < 4.78 is 0.767. The topological polar surface area (TPSA) is 75.2 Å². The van der Waals surface area contributed by atoms with Crippen LogP contribution in [0.2, 0.25) is 0 Å². The maximum absolute atomic E-state index is 13.2. The molecule has 0 spiro atoms. The number of carbonyl (C=O) groups excluding carboxylic acids is 2. The van der Waals surface area contributed by atoms with Crippen LogP contribution in [0.15, 0.2) is 29.0 Å². The number of nitrogens with zero attached hydrogens (tertiary/aromatic N) is 3. The smallest absolute Gasteiger partial charge is 0.270 e. The maximum Gasteiger partial charge on any atom is 0.270 e. The van der Waals surface area contributed by atoms with Gasteiger partial charge in [0.2, 0.25) is 5.91 Å². The Labute approximate surface area is 185 Å². The average Bonchev–Trinajstić information content (AvgIpc) is 3.49. The normalized spacial score (nSPS) is 30.6. The third-order valence-electron chi connectivity index (χ3n) is 7.32. The summed E-state index contributed by atoms with van der Waals surface area (Å²) in [5.41, 5.74) is 1.11. The van der Waals surface area contributed by atoms with Crippen molar-refractivity contribution in [3.63, 3.8) is 0 Å². The number of halogens is 1. The zero-order chi connectivity index (χ0) is 20.8. The van der Waals surface area contributed by atoms with Gasteiger partial charge in [0.25, 0.3) is 5.91 Å². The van der Waals surface area contributed by atoms with Crippen LogP contribution in [0.25, 0.3) is 10.9 Å². The number of nitrogens with one attached hydrogen (secondary N) is 1. The van der Waals surface area contributed by atoms with Crippen molar-refractivity contribution in [2.75, 3.05) is 6.54 Å². The number of likely N-dealkylation sites (tertiary alicyclic amines) is 1. The Morgan fingerprint density at radius 2 is 1.87 bits per heavy atom. The van der Waals surface area contributed by atoms with Crippen molar-refractivity contribution in [1.29, 1.82) is 0 Å². The molecule has 1 unspecified atom stereocenters. The Bertz CT molecular complexity index is 984. The SMILES string of the molecule is C[C@@H]1[C@H](NC(=O)c2ccc3cncc(Br)c3n2)CCCN1C(=O)C1[C@H]2CCCC[C@@H]12. The molecule has 6 nitrogen and oxygen atoms in total. The Morgan fingerprint density at radius 3 is 2.63 bits per heavy atom. The second-order valence-electron chi connectivity index (χ2n) is 9.02. The number of rotatable bonds is 3. The molecular formula is C23H27BrN4O2. The summed E-state index contributed by atoms with van der Waals surface area (Å²) in [4.78, 5) is 36.8. The van der Waals surface area contributed by atoms with Gasteiger partial charge in [-0.3, -0.25) is 14.6 Å². The van der Waals surface area contributed by atoms with Crippen LogP contribution in [0.1, 0.15) is 55.9 Å². The van der Waals surface area contributed by atoms with E-state index in [0.29, 0.717) is 23.4 Å². The molecule has 7 heteroatoms. The summed E-state index contributed by atoms with van der Waals surface area (Å²) in [5, 5.41) is 4.03. The van der Waals surface area contributed by atoms with Crippen LogP contribution in [-0.4, -0.2) is 45.3 Å². The number of fused-ring (bicyclic) bond motifs is 2. The van der Waals surface area contributed by atoms with Crippen molar-refractivity contribution in [1.82, 2.24) is 20.2 Å². The molecule has 0 radical (unpaired) electrons. The predicted molar refractivity (Wildman–Crippen MR) is 118 cm³/mol. The van der Waals surface area contributed by atoms with Gasteiger partial charge in [-0.15, -0.1) is 0 Å². The summed E-state index contributed by atoms with van der Waals surface area (Å²) in [5.74, 6) is 1.59. The van der Waals surface area contributed by atoms with Crippen LogP contribution in [-0.2, 0) is 4.79 Å². The van der Waals surface area contributed by atoms with Gasteiger partial charge in [-0.05, 0) is 72.5 Å². The van der Waals surface area contributed by atoms with E-state index in [1.165, 1.54) is 25.7 Å².